The number of hydrogen-bond donors (Lipinski definition) is 1. The number of alkyl halides is 1. The van der Waals surface area contributed by atoms with Crippen molar-refractivity contribution < 1.29 is 28.6 Å². The average molecular weight is 376 g/mol. The fourth-order valence-electron chi connectivity index (χ4n) is 2.56. The van der Waals surface area contributed by atoms with E-state index in [1.807, 2.05) is 0 Å². The van der Waals surface area contributed by atoms with Gasteiger partial charge < -0.3 is 14.6 Å². The molecular formula is C19H17FO5S. The lowest BCUT2D eigenvalue weighted by Gasteiger charge is -2.20. The summed E-state index contributed by atoms with van der Waals surface area (Å²) >= 11 is 0.882. The molecule has 1 fully saturated rings. The van der Waals surface area contributed by atoms with E-state index in [0.29, 0.717) is 5.56 Å². The Morgan fingerprint density at radius 3 is 2.08 bits per heavy atom. The number of aliphatic hydroxyl groups excluding tert-OH is 1. The quantitative estimate of drug-likeness (QED) is 0.809. The molecule has 0 spiro atoms. The highest BCUT2D eigenvalue weighted by Crippen LogP contribution is 2.37. The zero-order valence-electron chi connectivity index (χ0n) is 13.7. The van der Waals surface area contributed by atoms with Gasteiger partial charge in [0.2, 0.25) is 0 Å². The van der Waals surface area contributed by atoms with E-state index in [0.717, 1.165) is 11.8 Å². The summed E-state index contributed by atoms with van der Waals surface area (Å²) in [5, 5.41) is 9.07. The molecule has 0 amide bonds. The highest BCUT2D eigenvalue weighted by atomic mass is 32.2. The highest BCUT2D eigenvalue weighted by molar-refractivity contribution is 8.00. The van der Waals surface area contributed by atoms with E-state index in [2.05, 4.69) is 0 Å². The van der Waals surface area contributed by atoms with Crippen LogP contribution in [0.15, 0.2) is 60.7 Å². The highest BCUT2D eigenvalue weighted by Gasteiger charge is 2.47. The van der Waals surface area contributed by atoms with Crippen molar-refractivity contribution in [3.63, 3.8) is 0 Å². The standard InChI is InChI=1S/C19H17FO5S/c20-15-16(25-18(22)13-9-5-2-6-10-13)14(26-19(15)23)11-24-17(21)12-7-3-1-4-8-12/h1-10,14-16,19,23H,11H2. The first-order chi connectivity index (χ1) is 12.6. The third kappa shape index (κ3) is 4.23. The topological polar surface area (TPSA) is 72.8 Å². The molecule has 2 aromatic rings. The van der Waals surface area contributed by atoms with Gasteiger partial charge in [-0.05, 0) is 24.3 Å². The van der Waals surface area contributed by atoms with Crippen LogP contribution < -0.4 is 0 Å². The molecule has 0 bridgehead atoms. The first kappa shape index (κ1) is 18.4. The number of aliphatic hydroxyl groups is 1. The SMILES string of the molecule is O=C(OCC1SC(O)C(F)C1OC(=O)c1ccccc1)c1ccccc1. The lowest BCUT2D eigenvalue weighted by molar-refractivity contribution is -0.0112. The molecule has 0 saturated carbocycles. The van der Waals surface area contributed by atoms with Crippen LogP contribution in [0.4, 0.5) is 4.39 Å². The number of halogens is 1. The van der Waals surface area contributed by atoms with Gasteiger partial charge in [0.05, 0.1) is 16.4 Å². The van der Waals surface area contributed by atoms with Gasteiger partial charge >= 0.3 is 11.9 Å². The van der Waals surface area contributed by atoms with Crippen molar-refractivity contribution >= 4 is 23.7 Å². The Morgan fingerprint density at radius 2 is 1.50 bits per heavy atom. The number of thioether (sulfide) groups is 1. The summed E-state index contributed by atoms with van der Waals surface area (Å²) in [6, 6.07) is 16.6. The summed E-state index contributed by atoms with van der Waals surface area (Å²) < 4.78 is 24.7. The van der Waals surface area contributed by atoms with Crippen LogP contribution in [0.3, 0.4) is 0 Å². The molecule has 5 nitrogen and oxygen atoms in total. The summed E-state index contributed by atoms with van der Waals surface area (Å²) in [6.45, 7) is -0.178. The van der Waals surface area contributed by atoms with Gasteiger partial charge in [0.25, 0.3) is 0 Å². The minimum absolute atomic E-state index is 0.178. The monoisotopic (exact) mass is 376 g/mol. The van der Waals surface area contributed by atoms with Gasteiger partial charge in [-0.1, -0.05) is 36.4 Å². The summed E-state index contributed by atoms with van der Waals surface area (Å²) in [7, 11) is 0. The molecule has 0 aliphatic carbocycles. The zero-order valence-corrected chi connectivity index (χ0v) is 14.5. The van der Waals surface area contributed by atoms with Gasteiger partial charge in [-0.3, -0.25) is 0 Å². The number of esters is 2. The lowest BCUT2D eigenvalue weighted by atomic mass is 10.1. The van der Waals surface area contributed by atoms with Crippen LogP contribution in [0.5, 0.6) is 0 Å². The van der Waals surface area contributed by atoms with Crippen LogP contribution in [0, 0.1) is 0 Å². The molecule has 4 unspecified atom stereocenters. The molecule has 1 aliphatic rings. The second kappa shape index (κ2) is 8.33. The van der Waals surface area contributed by atoms with Crippen molar-refractivity contribution in [1.29, 1.82) is 0 Å². The molecule has 0 radical (unpaired) electrons. The van der Waals surface area contributed by atoms with Crippen LogP contribution in [-0.2, 0) is 9.47 Å². The Bertz CT molecular complexity index is 755. The predicted molar refractivity (Wildman–Crippen MR) is 94.7 cm³/mol. The van der Waals surface area contributed by atoms with Crippen molar-refractivity contribution in [3.8, 4) is 0 Å². The van der Waals surface area contributed by atoms with Crippen LogP contribution in [0.1, 0.15) is 20.7 Å². The minimum Gasteiger partial charge on any atom is -0.461 e. The molecule has 26 heavy (non-hydrogen) atoms. The van der Waals surface area contributed by atoms with Crippen molar-refractivity contribution in [2.45, 2.75) is 23.0 Å². The van der Waals surface area contributed by atoms with E-state index in [-0.39, 0.29) is 12.2 Å². The molecule has 1 heterocycles. The van der Waals surface area contributed by atoms with Crippen LogP contribution in [0.2, 0.25) is 0 Å². The van der Waals surface area contributed by atoms with Gasteiger partial charge in [0.15, 0.2) is 12.3 Å². The lowest BCUT2D eigenvalue weighted by Crippen LogP contribution is -2.36. The van der Waals surface area contributed by atoms with Gasteiger partial charge in [0.1, 0.15) is 12.0 Å². The maximum Gasteiger partial charge on any atom is 0.338 e. The Morgan fingerprint density at radius 1 is 0.962 bits per heavy atom. The molecule has 3 rings (SSSR count). The summed E-state index contributed by atoms with van der Waals surface area (Å²) in [4.78, 5) is 24.2. The van der Waals surface area contributed by atoms with Gasteiger partial charge in [0, 0.05) is 0 Å². The number of carbonyl (C=O) groups excluding carboxylic acids is 2. The van der Waals surface area contributed by atoms with E-state index in [9.17, 15) is 19.1 Å². The molecule has 1 N–H and O–H groups in total. The van der Waals surface area contributed by atoms with Crippen molar-refractivity contribution in [1.82, 2.24) is 0 Å². The molecule has 1 aliphatic heterocycles. The van der Waals surface area contributed by atoms with Gasteiger partial charge in [-0.2, -0.15) is 0 Å². The van der Waals surface area contributed by atoms with Crippen molar-refractivity contribution in [2.24, 2.45) is 0 Å². The minimum atomic E-state index is -1.76. The molecule has 0 aromatic heterocycles. The molecule has 2 aromatic carbocycles. The molecule has 136 valence electrons. The largest absolute Gasteiger partial charge is 0.461 e. The predicted octanol–water partition coefficient (Wildman–Crippen LogP) is 2.84. The average Bonchev–Trinajstić information content (AvgIpc) is 2.95. The van der Waals surface area contributed by atoms with Crippen LogP contribution >= 0.6 is 11.8 Å². The third-order valence-electron chi connectivity index (χ3n) is 3.91. The Kier molecular flexibility index (Phi) is 5.90. The second-order valence-electron chi connectivity index (χ2n) is 5.71. The van der Waals surface area contributed by atoms with E-state index in [1.165, 1.54) is 0 Å². The first-order valence-corrected chi connectivity index (χ1v) is 8.96. The van der Waals surface area contributed by atoms with E-state index < -0.39 is 34.9 Å². The number of hydrogen-bond acceptors (Lipinski definition) is 6. The Balaban J connectivity index is 1.63. The first-order valence-electron chi connectivity index (χ1n) is 8.02. The number of benzene rings is 2. The fourth-order valence-corrected chi connectivity index (χ4v) is 3.73. The summed E-state index contributed by atoms with van der Waals surface area (Å²) in [5.74, 6) is -1.25. The normalized spacial score (nSPS) is 24.8. The third-order valence-corrected chi connectivity index (χ3v) is 5.20. The maximum atomic E-state index is 14.3. The Hall–Kier alpha value is -2.38. The molecule has 4 atom stereocenters. The second-order valence-corrected chi connectivity index (χ2v) is 7.07. The maximum absolute atomic E-state index is 14.3. The molecule has 7 heteroatoms. The van der Waals surface area contributed by atoms with Gasteiger partial charge in [-0.15, -0.1) is 11.8 Å². The zero-order chi connectivity index (χ0) is 18.5. The van der Waals surface area contributed by atoms with Gasteiger partial charge in [-0.25, -0.2) is 14.0 Å². The molecular weight excluding hydrogens is 359 g/mol. The van der Waals surface area contributed by atoms with Crippen molar-refractivity contribution in [3.05, 3.63) is 71.8 Å². The molecule has 1 saturated heterocycles. The number of rotatable bonds is 5. The van der Waals surface area contributed by atoms with Crippen LogP contribution in [-0.4, -0.2) is 46.6 Å². The van der Waals surface area contributed by atoms with E-state index >= 15 is 0 Å². The fraction of sp³-hybridized carbons (Fsp3) is 0.263. The number of carbonyl (C=O) groups is 2. The number of ether oxygens (including phenoxy) is 2. The van der Waals surface area contributed by atoms with E-state index in [4.69, 9.17) is 9.47 Å². The van der Waals surface area contributed by atoms with Crippen molar-refractivity contribution in [2.75, 3.05) is 6.61 Å². The summed E-state index contributed by atoms with van der Waals surface area (Å²) in [5.41, 5.74) is -0.694. The van der Waals surface area contributed by atoms with Crippen LogP contribution in [0.25, 0.3) is 0 Å². The van der Waals surface area contributed by atoms with E-state index in [1.54, 1.807) is 60.7 Å². The Labute approximate surface area is 154 Å². The summed E-state index contributed by atoms with van der Waals surface area (Å²) in [6.07, 6.45) is -2.96. The smallest absolute Gasteiger partial charge is 0.338 e.